The van der Waals surface area contributed by atoms with E-state index in [1.165, 1.54) is 0 Å². The Morgan fingerprint density at radius 3 is 3.00 bits per heavy atom. The molecule has 6 heteroatoms. The van der Waals surface area contributed by atoms with Gasteiger partial charge in [-0.05, 0) is 19.3 Å². The second-order valence-corrected chi connectivity index (χ2v) is 5.63. The van der Waals surface area contributed by atoms with E-state index in [1.807, 2.05) is 4.90 Å². The highest BCUT2D eigenvalue weighted by Gasteiger charge is 2.38. The average molecular weight is 276 g/mol. The van der Waals surface area contributed by atoms with E-state index >= 15 is 0 Å². The molecule has 1 aliphatic heterocycles. The molecule has 2 N–H and O–H groups in total. The molecule has 0 aromatic carbocycles. The van der Waals surface area contributed by atoms with Gasteiger partial charge in [0, 0.05) is 43.9 Å². The fourth-order valence-corrected chi connectivity index (χ4v) is 2.71. The minimum atomic E-state index is -0.0462. The molecule has 3 rings (SSSR count). The highest BCUT2D eigenvalue weighted by atomic mass is 16.2. The number of imidazole rings is 1. The molecule has 2 aliphatic rings. The zero-order valence-electron chi connectivity index (χ0n) is 11.5. The lowest BCUT2D eigenvalue weighted by Gasteiger charge is -2.32. The molecule has 0 radical (unpaired) electrons. The van der Waals surface area contributed by atoms with Crippen molar-refractivity contribution in [1.29, 1.82) is 0 Å². The van der Waals surface area contributed by atoms with Crippen molar-refractivity contribution in [2.45, 2.75) is 38.1 Å². The van der Waals surface area contributed by atoms with Gasteiger partial charge in [0.05, 0.1) is 12.2 Å². The largest absolute Gasteiger partial charge is 0.355 e. The van der Waals surface area contributed by atoms with Crippen LogP contribution < -0.4 is 5.32 Å². The Hall–Kier alpha value is -1.85. The van der Waals surface area contributed by atoms with E-state index in [0.717, 1.165) is 25.0 Å². The third-order valence-corrected chi connectivity index (χ3v) is 4.05. The second kappa shape index (κ2) is 5.64. The van der Waals surface area contributed by atoms with Crippen molar-refractivity contribution in [3.63, 3.8) is 0 Å². The van der Waals surface area contributed by atoms with Gasteiger partial charge in [-0.2, -0.15) is 0 Å². The Balaban J connectivity index is 1.45. The molecule has 1 aromatic rings. The molecule has 2 amide bonds. The summed E-state index contributed by atoms with van der Waals surface area (Å²) >= 11 is 0. The van der Waals surface area contributed by atoms with Gasteiger partial charge < -0.3 is 15.2 Å². The summed E-state index contributed by atoms with van der Waals surface area (Å²) in [6, 6.07) is 0.406. The summed E-state index contributed by atoms with van der Waals surface area (Å²) in [6.45, 7) is 1.20. The quantitative estimate of drug-likeness (QED) is 0.820. The van der Waals surface area contributed by atoms with E-state index in [2.05, 4.69) is 15.3 Å². The summed E-state index contributed by atoms with van der Waals surface area (Å²) in [4.78, 5) is 32.8. The summed E-state index contributed by atoms with van der Waals surface area (Å²) in [5.74, 6) is 0.242. The number of likely N-dealkylation sites (tertiary alicyclic amines) is 1. The molecular formula is C14H20N4O2. The van der Waals surface area contributed by atoms with Crippen LogP contribution in [0.1, 0.15) is 31.4 Å². The number of amides is 2. The van der Waals surface area contributed by atoms with Crippen molar-refractivity contribution in [1.82, 2.24) is 20.2 Å². The maximum absolute atomic E-state index is 12.1. The van der Waals surface area contributed by atoms with Crippen molar-refractivity contribution in [3.05, 3.63) is 18.2 Å². The van der Waals surface area contributed by atoms with E-state index in [-0.39, 0.29) is 17.7 Å². The van der Waals surface area contributed by atoms with Crippen LogP contribution in [0.25, 0.3) is 0 Å². The lowest BCUT2D eigenvalue weighted by molar-refractivity contribution is -0.138. The minimum Gasteiger partial charge on any atom is -0.355 e. The number of hydrogen-bond acceptors (Lipinski definition) is 3. The lowest BCUT2D eigenvalue weighted by atomic mass is 9.96. The number of rotatable bonds is 5. The molecule has 0 unspecified atom stereocenters. The number of nitrogens with one attached hydrogen (secondary N) is 2. The summed E-state index contributed by atoms with van der Waals surface area (Å²) in [7, 11) is 0. The first-order chi connectivity index (χ1) is 9.74. The maximum Gasteiger partial charge on any atom is 0.224 e. The van der Waals surface area contributed by atoms with Crippen molar-refractivity contribution >= 4 is 11.8 Å². The molecule has 1 saturated heterocycles. The van der Waals surface area contributed by atoms with Crippen LogP contribution in [0, 0.1) is 5.92 Å². The third-order valence-electron chi connectivity index (χ3n) is 4.05. The fraction of sp³-hybridized carbons (Fsp3) is 0.643. The molecule has 6 nitrogen and oxygen atoms in total. The first kappa shape index (κ1) is 13.1. The monoisotopic (exact) mass is 276 g/mol. The van der Waals surface area contributed by atoms with Crippen molar-refractivity contribution in [2.24, 2.45) is 5.92 Å². The Kier molecular flexibility index (Phi) is 3.71. The SMILES string of the molecule is O=C(NCCc1cnc[nH]1)[C@H]1CCC(=O)N(C2CC2)C1. The van der Waals surface area contributed by atoms with Crippen LogP contribution in [-0.2, 0) is 16.0 Å². The van der Waals surface area contributed by atoms with Crippen molar-refractivity contribution < 1.29 is 9.59 Å². The molecule has 20 heavy (non-hydrogen) atoms. The standard InChI is InChI=1S/C14H20N4O2/c19-13-4-1-10(8-18(13)12-2-3-12)14(20)16-6-5-11-7-15-9-17-11/h7,9-10,12H,1-6,8H2,(H,15,17)(H,16,20)/t10-/m0/s1. The van der Waals surface area contributed by atoms with E-state index in [1.54, 1.807) is 12.5 Å². The van der Waals surface area contributed by atoms with E-state index in [4.69, 9.17) is 0 Å². The molecule has 0 bridgehead atoms. The van der Waals surface area contributed by atoms with E-state index in [0.29, 0.717) is 32.0 Å². The maximum atomic E-state index is 12.1. The molecule has 1 saturated carbocycles. The van der Waals surface area contributed by atoms with E-state index < -0.39 is 0 Å². The molecule has 2 fully saturated rings. The Morgan fingerprint density at radius 1 is 1.45 bits per heavy atom. The molecule has 108 valence electrons. The van der Waals surface area contributed by atoms with Crippen LogP contribution in [0.2, 0.25) is 0 Å². The van der Waals surface area contributed by atoms with Crippen LogP contribution in [0.5, 0.6) is 0 Å². The van der Waals surface area contributed by atoms with Gasteiger partial charge in [-0.3, -0.25) is 9.59 Å². The number of carbonyl (C=O) groups is 2. The Morgan fingerprint density at radius 2 is 2.30 bits per heavy atom. The summed E-state index contributed by atoms with van der Waals surface area (Å²) in [5.41, 5.74) is 1.02. The minimum absolute atomic E-state index is 0.0462. The molecule has 0 spiro atoms. The van der Waals surface area contributed by atoms with Crippen LogP contribution >= 0.6 is 0 Å². The van der Waals surface area contributed by atoms with Gasteiger partial charge in [0.15, 0.2) is 0 Å². The number of hydrogen-bond donors (Lipinski definition) is 2. The van der Waals surface area contributed by atoms with Crippen LogP contribution in [-0.4, -0.2) is 45.8 Å². The predicted molar refractivity (Wildman–Crippen MR) is 72.8 cm³/mol. The smallest absolute Gasteiger partial charge is 0.224 e. The number of carbonyl (C=O) groups excluding carboxylic acids is 2. The van der Waals surface area contributed by atoms with E-state index in [9.17, 15) is 9.59 Å². The molecule has 1 aliphatic carbocycles. The van der Waals surface area contributed by atoms with Gasteiger partial charge in [-0.15, -0.1) is 0 Å². The van der Waals surface area contributed by atoms with Crippen LogP contribution in [0.4, 0.5) is 0 Å². The lowest BCUT2D eigenvalue weighted by Crippen LogP contribution is -2.46. The molecule has 2 heterocycles. The zero-order valence-corrected chi connectivity index (χ0v) is 11.5. The normalized spacial score (nSPS) is 22.9. The number of piperidine rings is 1. The van der Waals surface area contributed by atoms with Gasteiger partial charge in [-0.1, -0.05) is 0 Å². The first-order valence-corrected chi connectivity index (χ1v) is 7.28. The van der Waals surface area contributed by atoms with Crippen LogP contribution in [0.3, 0.4) is 0 Å². The highest BCUT2D eigenvalue weighted by molar-refractivity contribution is 5.84. The summed E-state index contributed by atoms with van der Waals surface area (Å²) < 4.78 is 0. The predicted octanol–water partition coefficient (Wildman–Crippen LogP) is 0.469. The highest BCUT2D eigenvalue weighted by Crippen LogP contribution is 2.31. The number of H-pyrrole nitrogens is 1. The van der Waals surface area contributed by atoms with Crippen molar-refractivity contribution in [2.75, 3.05) is 13.1 Å². The topological polar surface area (TPSA) is 78.1 Å². The van der Waals surface area contributed by atoms with Crippen molar-refractivity contribution in [3.8, 4) is 0 Å². The number of aromatic nitrogens is 2. The number of nitrogens with zero attached hydrogens (tertiary/aromatic N) is 2. The van der Waals surface area contributed by atoms with Gasteiger partial charge in [-0.25, -0.2) is 4.98 Å². The van der Waals surface area contributed by atoms with Gasteiger partial charge in [0.2, 0.25) is 11.8 Å². The molecular weight excluding hydrogens is 256 g/mol. The number of aromatic amines is 1. The first-order valence-electron chi connectivity index (χ1n) is 7.28. The fourth-order valence-electron chi connectivity index (χ4n) is 2.71. The molecule has 1 aromatic heterocycles. The van der Waals surface area contributed by atoms with Gasteiger partial charge >= 0.3 is 0 Å². The van der Waals surface area contributed by atoms with Crippen LogP contribution in [0.15, 0.2) is 12.5 Å². The van der Waals surface area contributed by atoms with Gasteiger partial charge in [0.25, 0.3) is 0 Å². The molecule has 1 atom stereocenters. The average Bonchev–Trinajstić information content (AvgIpc) is 3.16. The summed E-state index contributed by atoms with van der Waals surface area (Å²) in [6.07, 6.45) is 7.54. The third kappa shape index (κ3) is 3.00. The summed E-state index contributed by atoms with van der Waals surface area (Å²) in [5, 5.41) is 2.96. The second-order valence-electron chi connectivity index (χ2n) is 5.63. The zero-order chi connectivity index (χ0) is 13.9. The Bertz CT molecular complexity index is 481. The Labute approximate surface area is 117 Å². The van der Waals surface area contributed by atoms with Gasteiger partial charge in [0.1, 0.15) is 0 Å².